The van der Waals surface area contributed by atoms with Crippen LogP contribution in [0.2, 0.25) is 0 Å². The summed E-state index contributed by atoms with van der Waals surface area (Å²) in [5, 5.41) is 0. The van der Waals surface area contributed by atoms with Gasteiger partial charge in [-0.05, 0) is 24.7 Å². The van der Waals surface area contributed by atoms with Gasteiger partial charge < -0.3 is 9.80 Å². The predicted octanol–water partition coefficient (Wildman–Crippen LogP) is 0.797. The summed E-state index contributed by atoms with van der Waals surface area (Å²) in [5.41, 5.74) is 0. The Kier molecular flexibility index (Phi) is 6.25. The maximum atomic E-state index is 13.1. The minimum absolute atomic E-state index is 0.0228. The van der Waals surface area contributed by atoms with Crippen LogP contribution >= 0.6 is 0 Å². The van der Waals surface area contributed by atoms with E-state index in [1.807, 2.05) is 0 Å². The summed E-state index contributed by atoms with van der Waals surface area (Å²) in [7, 11) is -3.97. The Bertz CT molecular complexity index is 689. The van der Waals surface area contributed by atoms with E-state index in [0.29, 0.717) is 19.2 Å². The molecule has 1 aliphatic heterocycles. The molecule has 0 aliphatic carbocycles. The van der Waals surface area contributed by atoms with Crippen molar-refractivity contribution >= 4 is 15.9 Å². The lowest BCUT2D eigenvalue weighted by Crippen LogP contribution is -2.49. The van der Waals surface area contributed by atoms with Crippen LogP contribution < -0.4 is 4.72 Å². The molecule has 1 aromatic rings. The first-order chi connectivity index (χ1) is 11.3. The topological polar surface area (TPSA) is 69.7 Å². The largest absolute Gasteiger partial charge is 0.340 e. The highest BCUT2D eigenvalue weighted by Crippen LogP contribution is 2.13. The molecule has 1 saturated heterocycles. The fourth-order valence-corrected chi connectivity index (χ4v) is 3.53. The van der Waals surface area contributed by atoms with E-state index in [1.165, 1.54) is 0 Å². The van der Waals surface area contributed by atoms with Crippen LogP contribution in [0, 0.1) is 11.6 Å². The smallest absolute Gasteiger partial charge is 0.240 e. The van der Waals surface area contributed by atoms with Crippen LogP contribution in [-0.2, 0) is 14.8 Å². The molecule has 0 saturated carbocycles. The van der Waals surface area contributed by atoms with Gasteiger partial charge >= 0.3 is 0 Å². The molecule has 0 unspecified atom stereocenters. The Morgan fingerprint density at radius 1 is 1.17 bits per heavy atom. The van der Waals surface area contributed by atoms with E-state index in [-0.39, 0.29) is 23.8 Å². The fraction of sp³-hybridized carbons (Fsp3) is 0.533. The number of amides is 1. The van der Waals surface area contributed by atoms with E-state index < -0.39 is 21.7 Å². The van der Waals surface area contributed by atoms with Crippen LogP contribution in [-0.4, -0.2) is 63.4 Å². The third-order valence-corrected chi connectivity index (χ3v) is 5.46. The number of sulfonamides is 1. The van der Waals surface area contributed by atoms with Crippen LogP contribution in [0.5, 0.6) is 0 Å². The van der Waals surface area contributed by atoms with Crippen molar-refractivity contribution in [3.8, 4) is 0 Å². The summed E-state index contributed by atoms with van der Waals surface area (Å²) in [5.74, 6) is -2.48. The summed E-state index contributed by atoms with van der Waals surface area (Å²) < 4.78 is 52.2. The fourth-order valence-electron chi connectivity index (χ4n) is 2.49. The van der Waals surface area contributed by atoms with Gasteiger partial charge in [0.05, 0.1) is 4.90 Å². The maximum Gasteiger partial charge on any atom is 0.240 e. The molecule has 0 spiro atoms. The third-order valence-electron chi connectivity index (χ3n) is 4.00. The highest BCUT2D eigenvalue weighted by atomic mass is 32.2. The van der Waals surface area contributed by atoms with Gasteiger partial charge in [0.25, 0.3) is 0 Å². The SMILES string of the molecule is CCN1CCN(C(=O)CCNS(=O)(=O)c2ccc(F)c(F)c2)CC1. The Morgan fingerprint density at radius 3 is 2.42 bits per heavy atom. The van der Waals surface area contributed by atoms with Gasteiger partial charge in [0.2, 0.25) is 15.9 Å². The zero-order chi connectivity index (χ0) is 17.7. The highest BCUT2D eigenvalue weighted by molar-refractivity contribution is 7.89. The lowest BCUT2D eigenvalue weighted by atomic mass is 10.3. The van der Waals surface area contributed by atoms with Crippen molar-refractivity contribution in [1.29, 1.82) is 0 Å². The molecule has 1 N–H and O–H groups in total. The van der Waals surface area contributed by atoms with Gasteiger partial charge in [-0.25, -0.2) is 21.9 Å². The first-order valence-corrected chi connectivity index (χ1v) is 9.26. The molecule has 1 aromatic carbocycles. The van der Waals surface area contributed by atoms with Crippen molar-refractivity contribution in [2.45, 2.75) is 18.2 Å². The molecule has 24 heavy (non-hydrogen) atoms. The molecule has 2 rings (SSSR count). The number of carbonyl (C=O) groups is 1. The zero-order valence-electron chi connectivity index (χ0n) is 13.5. The number of piperazine rings is 1. The second-order valence-corrected chi connectivity index (χ2v) is 7.31. The Morgan fingerprint density at radius 2 is 1.83 bits per heavy atom. The second kappa shape index (κ2) is 8.00. The van der Waals surface area contributed by atoms with Crippen molar-refractivity contribution < 1.29 is 22.0 Å². The average Bonchev–Trinajstić information content (AvgIpc) is 2.57. The minimum atomic E-state index is -3.97. The lowest BCUT2D eigenvalue weighted by Gasteiger charge is -2.34. The Hall–Kier alpha value is -1.58. The van der Waals surface area contributed by atoms with Crippen molar-refractivity contribution in [1.82, 2.24) is 14.5 Å². The third kappa shape index (κ3) is 4.71. The summed E-state index contributed by atoms with van der Waals surface area (Å²) in [6.07, 6.45) is 0.0228. The molecule has 1 heterocycles. The van der Waals surface area contributed by atoms with E-state index >= 15 is 0 Å². The van der Waals surface area contributed by atoms with Crippen molar-refractivity contribution in [2.24, 2.45) is 0 Å². The summed E-state index contributed by atoms with van der Waals surface area (Å²) in [6.45, 7) is 5.78. The summed E-state index contributed by atoms with van der Waals surface area (Å²) >= 11 is 0. The van der Waals surface area contributed by atoms with Gasteiger partial charge in [-0.3, -0.25) is 4.79 Å². The Labute approximate surface area is 140 Å². The molecule has 134 valence electrons. The molecular weight excluding hydrogens is 340 g/mol. The number of halogens is 2. The van der Waals surface area contributed by atoms with Gasteiger partial charge in [0.1, 0.15) is 0 Å². The molecule has 0 aromatic heterocycles. The van der Waals surface area contributed by atoms with Gasteiger partial charge in [-0.15, -0.1) is 0 Å². The van der Waals surface area contributed by atoms with E-state index in [9.17, 15) is 22.0 Å². The molecule has 6 nitrogen and oxygen atoms in total. The normalized spacial score (nSPS) is 16.4. The predicted molar refractivity (Wildman–Crippen MR) is 84.9 cm³/mol. The molecule has 0 bridgehead atoms. The summed E-state index contributed by atoms with van der Waals surface area (Å²) in [6, 6.07) is 2.35. The van der Waals surface area contributed by atoms with Crippen LogP contribution in [0.3, 0.4) is 0 Å². The van der Waals surface area contributed by atoms with Crippen molar-refractivity contribution in [3.05, 3.63) is 29.8 Å². The first kappa shape index (κ1) is 18.8. The number of likely N-dealkylation sites (N-methyl/N-ethyl adjacent to an activating group) is 1. The van der Waals surface area contributed by atoms with Crippen LogP contribution in [0.4, 0.5) is 8.78 Å². The Balaban J connectivity index is 1.84. The molecule has 9 heteroatoms. The molecular formula is C15H21F2N3O3S. The first-order valence-electron chi connectivity index (χ1n) is 7.78. The van der Waals surface area contributed by atoms with Gasteiger partial charge in [0, 0.05) is 39.1 Å². The molecule has 1 aliphatic rings. The molecule has 0 radical (unpaired) electrons. The van der Waals surface area contributed by atoms with E-state index in [2.05, 4.69) is 16.5 Å². The second-order valence-electron chi connectivity index (χ2n) is 5.54. The van der Waals surface area contributed by atoms with Gasteiger partial charge in [-0.1, -0.05) is 6.92 Å². The number of carbonyl (C=O) groups excluding carboxylic acids is 1. The zero-order valence-corrected chi connectivity index (χ0v) is 14.3. The number of hydrogen-bond acceptors (Lipinski definition) is 4. The summed E-state index contributed by atoms with van der Waals surface area (Å²) in [4.78, 5) is 15.6. The van der Waals surface area contributed by atoms with E-state index in [4.69, 9.17) is 0 Å². The van der Waals surface area contributed by atoms with Crippen LogP contribution in [0.15, 0.2) is 23.1 Å². The standard InChI is InChI=1S/C15H21F2N3O3S/c1-2-19-7-9-20(10-8-19)15(21)5-6-18-24(22,23)12-3-4-13(16)14(17)11-12/h3-4,11,18H,2,5-10H2,1H3. The van der Waals surface area contributed by atoms with E-state index in [1.54, 1.807) is 4.90 Å². The number of benzene rings is 1. The van der Waals surface area contributed by atoms with E-state index in [0.717, 1.165) is 31.8 Å². The number of nitrogens with one attached hydrogen (secondary N) is 1. The number of rotatable bonds is 6. The molecule has 1 fully saturated rings. The number of nitrogens with zero attached hydrogens (tertiary/aromatic N) is 2. The quantitative estimate of drug-likeness (QED) is 0.814. The average molecular weight is 361 g/mol. The lowest BCUT2D eigenvalue weighted by molar-refractivity contribution is -0.132. The minimum Gasteiger partial charge on any atom is -0.340 e. The maximum absolute atomic E-state index is 13.1. The van der Waals surface area contributed by atoms with Gasteiger partial charge in [-0.2, -0.15) is 0 Å². The van der Waals surface area contributed by atoms with Crippen LogP contribution in [0.25, 0.3) is 0 Å². The monoisotopic (exact) mass is 361 g/mol. The number of hydrogen-bond donors (Lipinski definition) is 1. The van der Waals surface area contributed by atoms with Crippen molar-refractivity contribution in [2.75, 3.05) is 39.3 Å². The molecule has 1 amide bonds. The highest BCUT2D eigenvalue weighted by Gasteiger charge is 2.21. The molecule has 0 atom stereocenters. The van der Waals surface area contributed by atoms with Crippen LogP contribution in [0.1, 0.15) is 13.3 Å². The van der Waals surface area contributed by atoms with Gasteiger partial charge in [0.15, 0.2) is 11.6 Å². The van der Waals surface area contributed by atoms with Crippen molar-refractivity contribution in [3.63, 3.8) is 0 Å².